The number of carbonyl (C=O) groups excluding carboxylic acids is 1. The van der Waals surface area contributed by atoms with Gasteiger partial charge in [0.25, 0.3) is 5.91 Å². The van der Waals surface area contributed by atoms with E-state index < -0.39 is 0 Å². The average Bonchev–Trinajstić information content (AvgIpc) is 3.26. The van der Waals surface area contributed by atoms with Crippen LogP contribution in [-0.2, 0) is 4.79 Å². The number of rotatable bonds is 3. The molecule has 1 fully saturated rings. The quantitative estimate of drug-likeness (QED) is 0.581. The van der Waals surface area contributed by atoms with Gasteiger partial charge in [0.2, 0.25) is 0 Å². The Kier molecular flexibility index (Phi) is 5.07. The molecular formula is C21H15ClFN3OS. The Labute approximate surface area is 170 Å². The van der Waals surface area contributed by atoms with Crippen LogP contribution in [0.4, 0.5) is 10.1 Å². The van der Waals surface area contributed by atoms with Crippen LogP contribution in [-0.4, -0.2) is 15.6 Å². The lowest BCUT2D eigenvalue weighted by atomic mass is 10.2. The average molecular weight is 412 g/mol. The van der Waals surface area contributed by atoms with Crippen LogP contribution in [0.3, 0.4) is 0 Å². The number of nitrogens with one attached hydrogen (secondary N) is 1. The van der Waals surface area contributed by atoms with Crippen molar-refractivity contribution in [1.29, 1.82) is 0 Å². The summed E-state index contributed by atoms with van der Waals surface area (Å²) in [6, 6.07) is 15.4. The summed E-state index contributed by atoms with van der Waals surface area (Å²) in [6.45, 7) is 1.95. The molecule has 0 spiro atoms. The van der Waals surface area contributed by atoms with Gasteiger partial charge in [-0.25, -0.2) is 9.38 Å². The summed E-state index contributed by atoms with van der Waals surface area (Å²) in [5.41, 5.74) is 3.34. The molecule has 0 unspecified atom stereocenters. The second kappa shape index (κ2) is 7.66. The minimum absolute atomic E-state index is 0.222. The van der Waals surface area contributed by atoms with Crippen molar-refractivity contribution in [1.82, 2.24) is 9.88 Å². The number of thioether (sulfide) groups is 1. The van der Waals surface area contributed by atoms with Gasteiger partial charge in [0.15, 0.2) is 5.17 Å². The van der Waals surface area contributed by atoms with Crippen molar-refractivity contribution in [3.63, 3.8) is 0 Å². The zero-order chi connectivity index (χ0) is 19.7. The topological polar surface area (TPSA) is 46.4 Å². The number of nitrogens with zero attached hydrogens (tertiary/aromatic N) is 2. The highest BCUT2D eigenvalue weighted by Gasteiger charge is 2.24. The Bertz CT molecular complexity index is 1120. The molecule has 3 aromatic rings. The van der Waals surface area contributed by atoms with Gasteiger partial charge in [-0.1, -0.05) is 17.7 Å². The predicted octanol–water partition coefficient (Wildman–Crippen LogP) is 5.47. The van der Waals surface area contributed by atoms with Gasteiger partial charge in [-0.3, -0.25) is 4.79 Å². The molecule has 1 amide bonds. The van der Waals surface area contributed by atoms with E-state index in [0.29, 0.717) is 20.8 Å². The smallest absolute Gasteiger partial charge is 0.264 e. The maximum Gasteiger partial charge on any atom is 0.264 e. The summed E-state index contributed by atoms with van der Waals surface area (Å²) in [5, 5.41) is 3.88. The summed E-state index contributed by atoms with van der Waals surface area (Å²) in [7, 11) is 0. The molecule has 140 valence electrons. The van der Waals surface area contributed by atoms with E-state index >= 15 is 0 Å². The van der Waals surface area contributed by atoms with E-state index in [1.807, 2.05) is 48.0 Å². The van der Waals surface area contributed by atoms with Gasteiger partial charge in [-0.15, -0.1) is 0 Å². The zero-order valence-corrected chi connectivity index (χ0v) is 16.4. The van der Waals surface area contributed by atoms with Gasteiger partial charge >= 0.3 is 0 Å². The molecule has 1 aliphatic rings. The number of carbonyl (C=O) groups is 1. The lowest BCUT2D eigenvalue weighted by Crippen LogP contribution is -2.19. The number of hydrogen-bond donors (Lipinski definition) is 1. The van der Waals surface area contributed by atoms with Gasteiger partial charge in [-0.2, -0.15) is 0 Å². The van der Waals surface area contributed by atoms with Gasteiger partial charge in [0.1, 0.15) is 5.82 Å². The van der Waals surface area contributed by atoms with E-state index in [0.717, 1.165) is 16.9 Å². The number of aliphatic imine (C=N–C) groups is 1. The number of benzene rings is 2. The van der Waals surface area contributed by atoms with Crippen molar-refractivity contribution in [2.75, 3.05) is 0 Å². The first-order valence-corrected chi connectivity index (χ1v) is 9.68. The van der Waals surface area contributed by atoms with Crippen molar-refractivity contribution in [3.8, 4) is 5.69 Å². The summed E-state index contributed by atoms with van der Waals surface area (Å²) < 4.78 is 15.0. The first-order valence-electron chi connectivity index (χ1n) is 8.49. The molecule has 2 heterocycles. The van der Waals surface area contributed by atoms with Crippen molar-refractivity contribution in [3.05, 3.63) is 87.8 Å². The highest BCUT2D eigenvalue weighted by Crippen LogP contribution is 2.29. The Morgan fingerprint density at radius 1 is 1.18 bits per heavy atom. The monoisotopic (exact) mass is 411 g/mol. The van der Waals surface area contributed by atoms with E-state index in [1.54, 1.807) is 18.2 Å². The van der Waals surface area contributed by atoms with Crippen LogP contribution >= 0.6 is 23.4 Å². The minimum atomic E-state index is -0.329. The van der Waals surface area contributed by atoms with Crippen LogP contribution in [0.25, 0.3) is 11.8 Å². The molecule has 1 saturated heterocycles. The lowest BCUT2D eigenvalue weighted by molar-refractivity contribution is -0.115. The molecule has 2 aromatic carbocycles. The zero-order valence-electron chi connectivity index (χ0n) is 14.8. The summed E-state index contributed by atoms with van der Waals surface area (Å²) in [5.74, 6) is -0.551. The second-order valence-electron chi connectivity index (χ2n) is 6.19. The number of amidine groups is 1. The summed E-state index contributed by atoms with van der Waals surface area (Å²) in [4.78, 5) is 17.2. The first-order chi connectivity index (χ1) is 13.5. The maximum atomic E-state index is 13.0. The molecule has 28 heavy (non-hydrogen) atoms. The highest BCUT2D eigenvalue weighted by atomic mass is 35.5. The van der Waals surface area contributed by atoms with Crippen LogP contribution in [0.5, 0.6) is 0 Å². The molecule has 0 atom stereocenters. The van der Waals surface area contributed by atoms with E-state index in [-0.39, 0.29) is 11.7 Å². The molecule has 0 aliphatic carbocycles. The number of aromatic nitrogens is 1. The molecule has 7 heteroatoms. The number of hydrogen-bond acceptors (Lipinski definition) is 3. The van der Waals surface area contributed by atoms with Gasteiger partial charge in [0.05, 0.1) is 10.6 Å². The highest BCUT2D eigenvalue weighted by molar-refractivity contribution is 8.18. The van der Waals surface area contributed by atoms with E-state index in [1.165, 1.54) is 23.9 Å². The standard InChI is InChI=1S/C21H15ClFN3OS/c1-13-4-9-17(11-18(13)22)26-10-2-3-16(26)12-19-20(27)25-21(28-19)24-15-7-5-14(23)6-8-15/h2-12H,1H3,(H,24,25,27)/b19-12-. The van der Waals surface area contributed by atoms with E-state index in [4.69, 9.17) is 11.6 Å². The van der Waals surface area contributed by atoms with Crippen molar-refractivity contribution >= 4 is 46.2 Å². The third-order valence-electron chi connectivity index (χ3n) is 4.20. The largest absolute Gasteiger partial charge is 0.317 e. The van der Waals surface area contributed by atoms with Crippen LogP contribution in [0.2, 0.25) is 5.02 Å². The molecule has 0 bridgehead atoms. The molecule has 1 aromatic heterocycles. The van der Waals surface area contributed by atoms with Crippen LogP contribution in [0, 0.1) is 12.7 Å². The Morgan fingerprint density at radius 3 is 2.71 bits per heavy atom. The third-order valence-corrected chi connectivity index (χ3v) is 5.52. The normalized spacial score (nSPS) is 16.8. The van der Waals surface area contributed by atoms with Crippen LogP contribution in [0.15, 0.2) is 70.7 Å². The fraction of sp³-hybridized carbons (Fsp3) is 0.0476. The molecule has 4 rings (SSSR count). The van der Waals surface area contributed by atoms with E-state index in [2.05, 4.69) is 10.3 Å². The molecule has 0 radical (unpaired) electrons. The van der Waals surface area contributed by atoms with Gasteiger partial charge in [-0.05, 0) is 78.9 Å². The number of halogens is 2. The van der Waals surface area contributed by atoms with Crippen molar-refractivity contribution in [2.45, 2.75) is 6.92 Å². The molecule has 1 N–H and O–H groups in total. The fourth-order valence-corrected chi connectivity index (χ4v) is 3.73. The van der Waals surface area contributed by atoms with Gasteiger partial charge in [0, 0.05) is 22.6 Å². The van der Waals surface area contributed by atoms with Crippen molar-refractivity contribution < 1.29 is 9.18 Å². The maximum absolute atomic E-state index is 13.0. The molecule has 4 nitrogen and oxygen atoms in total. The minimum Gasteiger partial charge on any atom is -0.317 e. The second-order valence-corrected chi connectivity index (χ2v) is 7.63. The Balaban J connectivity index is 1.62. The summed E-state index contributed by atoms with van der Waals surface area (Å²) >= 11 is 7.49. The van der Waals surface area contributed by atoms with Gasteiger partial charge < -0.3 is 9.88 Å². The Hall–Kier alpha value is -2.83. The molecular weight excluding hydrogens is 397 g/mol. The van der Waals surface area contributed by atoms with Crippen LogP contribution in [0.1, 0.15) is 11.3 Å². The Morgan fingerprint density at radius 2 is 1.96 bits per heavy atom. The van der Waals surface area contributed by atoms with Crippen LogP contribution < -0.4 is 5.32 Å². The third kappa shape index (κ3) is 3.88. The molecule has 1 aliphatic heterocycles. The van der Waals surface area contributed by atoms with Crippen molar-refractivity contribution in [2.24, 2.45) is 4.99 Å². The lowest BCUT2D eigenvalue weighted by Gasteiger charge is -2.08. The fourth-order valence-electron chi connectivity index (χ4n) is 2.73. The number of amides is 1. The number of aryl methyl sites for hydroxylation is 1. The van der Waals surface area contributed by atoms with E-state index in [9.17, 15) is 9.18 Å². The summed E-state index contributed by atoms with van der Waals surface area (Å²) in [6.07, 6.45) is 3.72. The predicted molar refractivity (Wildman–Crippen MR) is 113 cm³/mol. The molecule has 0 saturated carbocycles. The SMILES string of the molecule is Cc1ccc(-n2cccc2/C=C2\SC(=Nc3ccc(F)cc3)NC2=O)cc1Cl. The first kappa shape index (κ1) is 18.5.